The molecule has 0 bridgehead atoms. The van der Waals surface area contributed by atoms with E-state index in [0.29, 0.717) is 0 Å². The van der Waals surface area contributed by atoms with Gasteiger partial charge in [-0.1, -0.05) is 25.1 Å². The molecule has 0 aliphatic heterocycles. The van der Waals surface area contributed by atoms with E-state index in [1.54, 1.807) is 14.0 Å². The van der Waals surface area contributed by atoms with Crippen LogP contribution in [0.15, 0.2) is 24.3 Å². The smallest absolute Gasteiger partial charge is 0.191 e. The molecule has 0 saturated carbocycles. The summed E-state index contributed by atoms with van der Waals surface area (Å²) >= 11 is 0. The number of ketones is 1. The van der Waals surface area contributed by atoms with E-state index < -0.39 is 0 Å². The second kappa shape index (κ2) is 4.91. The first kappa shape index (κ1) is 10.9. The van der Waals surface area contributed by atoms with Crippen molar-refractivity contribution >= 4 is 5.78 Å². The topological polar surface area (TPSA) is 26.3 Å². The first-order valence-electron chi connectivity index (χ1n) is 4.85. The molecule has 1 rings (SSSR count). The lowest BCUT2D eigenvalue weighted by Gasteiger charge is -2.08. The van der Waals surface area contributed by atoms with E-state index in [-0.39, 0.29) is 11.9 Å². The Kier molecular flexibility index (Phi) is 3.84. The largest absolute Gasteiger partial charge is 0.374 e. The molecule has 0 fully saturated rings. The van der Waals surface area contributed by atoms with E-state index in [9.17, 15) is 4.79 Å². The van der Waals surface area contributed by atoms with Gasteiger partial charge in [-0.15, -0.1) is 0 Å². The Morgan fingerprint density at radius 3 is 2.79 bits per heavy atom. The Morgan fingerprint density at radius 2 is 2.21 bits per heavy atom. The van der Waals surface area contributed by atoms with Crippen molar-refractivity contribution in [2.75, 3.05) is 7.11 Å². The SMILES string of the molecule is CCc1cccc(C(=O)C(C)OC)c1. The molecule has 0 heterocycles. The Hall–Kier alpha value is -1.15. The second-order valence-electron chi connectivity index (χ2n) is 3.30. The summed E-state index contributed by atoms with van der Waals surface area (Å²) in [5.74, 6) is 0.0443. The Balaban J connectivity index is 2.90. The number of methoxy groups -OCH3 is 1. The molecule has 0 N–H and O–H groups in total. The van der Waals surface area contributed by atoms with E-state index in [2.05, 4.69) is 6.92 Å². The number of aryl methyl sites for hydroxylation is 1. The van der Waals surface area contributed by atoms with Gasteiger partial charge in [-0.2, -0.15) is 0 Å². The van der Waals surface area contributed by atoms with Gasteiger partial charge in [-0.25, -0.2) is 0 Å². The van der Waals surface area contributed by atoms with Crippen molar-refractivity contribution in [3.8, 4) is 0 Å². The van der Waals surface area contributed by atoms with Crippen LogP contribution in [0.3, 0.4) is 0 Å². The van der Waals surface area contributed by atoms with Crippen LogP contribution in [-0.2, 0) is 11.2 Å². The fourth-order valence-electron chi connectivity index (χ4n) is 1.29. The Bertz CT molecular complexity index is 318. The van der Waals surface area contributed by atoms with E-state index in [4.69, 9.17) is 4.74 Å². The highest BCUT2D eigenvalue weighted by molar-refractivity contribution is 5.99. The Morgan fingerprint density at radius 1 is 1.50 bits per heavy atom. The zero-order valence-corrected chi connectivity index (χ0v) is 8.91. The number of hydrogen-bond acceptors (Lipinski definition) is 2. The van der Waals surface area contributed by atoms with Gasteiger partial charge in [0, 0.05) is 12.7 Å². The molecule has 1 atom stereocenters. The summed E-state index contributed by atoms with van der Waals surface area (Å²) in [5.41, 5.74) is 1.91. The summed E-state index contributed by atoms with van der Waals surface area (Å²) in [5, 5.41) is 0. The molecule has 2 heteroatoms. The molecule has 0 amide bonds. The summed E-state index contributed by atoms with van der Waals surface area (Å²) in [6.07, 6.45) is 0.588. The molecule has 0 aliphatic rings. The molecule has 0 radical (unpaired) electrons. The van der Waals surface area contributed by atoms with Gasteiger partial charge in [-0.3, -0.25) is 4.79 Å². The molecular formula is C12H16O2. The van der Waals surface area contributed by atoms with Gasteiger partial charge in [0.25, 0.3) is 0 Å². The number of carbonyl (C=O) groups excluding carboxylic acids is 1. The third-order valence-corrected chi connectivity index (χ3v) is 2.34. The van der Waals surface area contributed by atoms with Gasteiger partial charge < -0.3 is 4.74 Å². The molecule has 1 unspecified atom stereocenters. The van der Waals surface area contributed by atoms with Crippen LogP contribution in [0.5, 0.6) is 0 Å². The highest BCUT2D eigenvalue weighted by atomic mass is 16.5. The first-order valence-corrected chi connectivity index (χ1v) is 4.85. The molecule has 76 valence electrons. The fraction of sp³-hybridized carbons (Fsp3) is 0.417. The van der Waals surface area contributed by atoms with E-state index >= 15 is 0 Å². The van der Waals surface area contributed by atoms with Crippen molar-refractivity contribution < 1.29 is 9.53 Å². The molecule has 1 aromatic carbocycles. The highest BCUT2D eigenvalue weighted by Gasteiger charge is 2.13. The van der Waals surface area contributed by atoms with Crippen molar-refractivity contribution in [3.05, 3.63) is 35.4 Å². The molecule has 2 nitrogen and oxygen atoms in total. The van der Waals surface area contributed by atoms with Gasteiger partial charge >= 0.3 is 0 Å². The highest BCUT2D eigenvalue weighted by Crippen LogP contribution is 2.09. The van der Waals surface area contributed by atoms with Gasteiger partial charge in [0.2, 0.25) is 0 Å². The standard InChI is InChI=1S/C12H16O2/c1-4-10-6-5-7-11(8-10)12(13)9(2)14-3/h5-9H,4H2,1-3H3. The minimum Gasteiger partial charge on any atom is -0.374 e. The minimum absolute atomic E-state index is 0.0443. The van der Waals surface area contributed by atoms with Crippen LogP contribution in [0.1, 0.15) is 29.8 Å². The third kappa shape index (κ3) is 2.42. The van der Waals surface area contributed by atoms with Crippen molar-refractivity contribution in [1.82, 2.24) is 0 Å². The van der Waals surface area contributed by atoms with Gasteiger partial charge in [0.05, 0.1) is 0 Å². The van der Waals surface area contributed by atoms with Crippen LogP contribution < -0.4 is 0 Å². The zero-order valence-electron chi connectivity index (χ0n) is 8.91. The quantitative estimate of drug-likeness (QED) is 0.685. The number of ether oxygens (including phenoxy) is 1. The second-order valence-corrected chi connectivity index (χ2v) is 3.30. The summed E-state index contributed by atoms with van der Waals surface area (Å²) in [7, 11) is 1.55. The van der Waals surface area contributed by atoms with E-state index in [1.807, 2.05) is 24.3 Å². The van der Waals surface area contributed by atoms with Crippen molar-refractivity contribution in [2.45, 2.75) is 26.4 Å². The first-order chi connectivity index (χ1) is 6.69. The monoisotopic (exact) mass is 192 g/mol. The number of benzene rings is 1. The summed E-state index contributed by atoms with van der Waals surface area (Å²) < 4.78 is 4.99. The molecule has 0 saturated heterocycles. The lowest BCUT2D eigenvalue weighted by atomic mass is 10.0. The Labute approximate surface area is 84.9 Å². The molecule has 0 aromatic heterocycles. The number of carbonyl (C=O) groups is 1. The van der Waals surface area contributed by atoms with Crippen molar-refractivity contribution in [1.29, 1.82) is 0 Å². The molecular weight excluding hydrogens is 176 g/mol. The van der Waals surface area contributed by atoms with Gasteiger partial charge in [0.15, 0.2) is 5.78 Å². The summed E-state index contributed by atoms with van der Waals surface area (Å²) in [4.78, 5) is 11.7. The van der Waals surface area contributed by atoms with E-state index in [1.165, 1.54) is 5.56 Å². The summed E-state index contributed by atoms with van der Waals surface area (Å²) in [6.45, 7) is 3.84. The lowest BCUT2D eigenvalue weighted by molar-refractivity contribution is 0.0655. The normalized spacial score (nSPS) is 12.5. The van der Waals surface area contributed by atoms with Crippen LogP contribution in [0.25, 0.3) is 0 Å². The van der Waals surface area contributed by atoms with Crippen LogP contribution in [0, 0.1) is 0 Å². The fourth-order valence-corrected chi connectivity index (χ4v) is 1.29. The average molecular weight is 192 g/mol. The maximum absolute atomic E-state index is 11.7. The predicted octanol–water partition coefficient (Wildman–Crippen LogP) is 2.47. The maximum Gasteiger partial charge on any atom is 0.191 e. The number of hydrogen-bond donors (Lipinski definition) is 0. The maximum atomic E-state index is 11.7. The van der Waals surface area contributed by atoms with Crippen LogP contribution in [-0.4, -0.2) is 19.0 Å². The van der Waals surface area contributed by atoms with Crippen molar-refractivity contribution in [2.24, 2.45) is 0 Å². The molecule has 0 aliphatic carbocycles. The molecule has 14 heavy (non-hydrogen) atoms. The number of Topliss-reactive ketones (excluding diaryl/α,β-unsaturated/α-hetero) is 1. The van der Waals surface area contributed by atoms with Gasteiger partial charge in [0.1, 0.15) is 6.10 Å². The summed E-state index contributed by atoms with van der Waals surface area (Å²) in [6, 6.07) is 7.69. The van der Waals surface area contributed by atoms with Crippen LogP contribution in [0.4, 0.5) is 0 Å². The zero-order chi connectivity index (χ0) is 10.6. The van der Waals surface area contributed by atoms with Crippen LogP contribution >= 0.6 is 0 Å². The van der Waals surface area contributed by atoms with Crippen molar-refractivity contribution in [3.63, 3.8) is 0 Å². The molecule has 1 aromatic rings. The van der Waals surface area contributed by atoms with E-state index in [0.717, 1.165) is 12.0 Å². The van der Waals surface area contributed by atoms with Crippen LogP contribution in [0.2, 0.25) is 0 Å². The lowest BCUT2D eigenvalue weighted by Crippen LogP contribution is -2.19. The predicted molar refractivity (Wildman–Crippen MR) is 56.6 cm³/mol. The number of rotatable bonds is 4. The minimum atomic E-state index is -0.359. The third-order valence-electron chi connectivity index (χ3n) is 2.34. The van der Waals surface area contributed by atoms with Gasteiger partial charge in [-0.05, 0) is 25.0 Å². The molecule has 0 spiro atoms. The average Bonchev–Trinajstić information content (AvgIpc) is 2.27.